The first-order valence-corrected chi connectivity index (χ1v) is 11.7. The zero-order valence-electron chi connectivity index (χ0n) is 17.8. The highest BCUT2D eigenvalue weighted by atomic mass is 31.2. The third-order valence-electron chi connectivity index (χ3n) is 4.69. The Labute approximate surface area is 178 Å². The second-order valence-corrected chi connectivity index (χ2v) is 11.4. The summed E-state index contributed by atoms with van der Waals surface area (Å²) in [6, 6.07) is 29.5. The van der Waals surface area contributed by atoms with Crippen molar-refractivity contribution in [2.24, 2.45) is 0 Å². The van der Waals surface area contributed by atoms with Crippen LogP contribution in [-0.2, 0) is 14.3 Å². The Hall–Kier alpha value is -2.90. The molecular weight excluding hydrogens is 391 g/mol. The highest BCUT2D eigenvalue weighted by Crippen LogP contribution is 2.46. The van der Waals surface area contributed by atoms with Gasteiger partial charge in [0, 0.05) is 0 Å². The average Bonchev–Trinajstić information content (AvgIpc) is 2.72. The maximum atomic E-state index is 13.5. The van der Waals surface area contributed by atoms with E-state index in [2.05, 4.69) is 0 Å². The maximum absolute atomic E-state index is 13.5. The first-order chi connectivity index (χ1) is 14.3. The van der Waals surface area contributed by atoms with Gasteiger partial charge in [-0.3, -0.25) is 4.79 Å². The molecule has 0 radical (unpaired) electrons. The number of carbonyl (C=O) groups is 2. The number of ether oxygens (including phenoxy) is 1. The Bertz CT molecular complexity index is 976. The van der Waals surface area contributed by atoms with Crippen LogP contribution in [0.15, 0.2) is 91.0 Å². The van der Waals surface area contributed by atoms with E-state index in [1.807, 2.05) is 112 Å². The van der Waals surface area contributed by atoms with Gasteiger partial charge in [-0.15, -0.1) is 0 Å². The Morgan fingerprint density at radius 1 is 0.667 bits per heavy atom. The molecule has 0 spiro atoms. The van der Waals surface area contributed by atoms with Gasteiger partial charge in [0.2, 0.25) is 0 Å². The maximum Gasteiger partial charge on any atom is 0.343 e. The molecule has 3 nitrogen and oxygen atoms in total. The number of benzene rings is 3. The van der Waals surface area contributed by atoms with Gasteiger partial charge in [-0.25, -0.2) is 4.79 Å². The summed E-state index contributed by atoms with van der Waals surface area (Å²) < 4.78 is 5.76. The fraction of sp³-hybridized carbons (Fsp3) is 0.192. The fourth-order valence-corrected chi connectivity index (χ4v) is 7.95. The smallest absolute Gasteiger partial charge is 0.343 e. The van der Waals surface area contributed by atoms with Crippen LogP contribution in [0.3, 0.4) is 0 Å². The molecule has 0 heterocycles. The highest BCUT2D eigenvalue weighted by molar-refractivity contribution is 7.97. The van der Waals surface area contributed by atoms with Crippen LogP contribution < -0.4 is 15.9 Å². The molecule has 3 aromatic rings. The first kappa shape index (κ1) is 21.8. The number of esters is 1. The van der Waals surface area contributed by atoms with Gasteiger partial charge in [-0.1, -0.05) is 91.0 Å². The van der Waals surface area contributed by atoms with Crippen LogP contribution >= 0.6 is 6.89 Å². The van der Waals surface area contributed by atoms with E-state index in [0.717, 1.165) is 15.9 Å². The lowest BCUT2D eigenvalue weighted by Crippen LogP contribution is -2.39. The quantitative estimate of drug-likeness (QED) is 0.356. The molecule has 30 heavy (non-hydrogen) atoms. The van der Waals surface area contributed by atoms with Gasteiger partial charge >= 0.3 is 5.97 Å². The Morgan fingerprint density at radius 2 is 1.00 bits per heavy atom. The number of hydrogen-bond acceptors (Lipinski definition) is 3. The Morgan fingerprint density at radius 3 is 1.27 bits per heavy atom. The molecule has 0 saturated heterocycles. The molecule has 0 fully saturated rings. The third kappa shape index (κ3) is 4.32. The zero-order valence-corrected chi connectivity index (χ0v) is 18.7. The largest absolute Gasteiger partial charge is 0.456 e. The summed E-state index contributed by atoms with van der Waals surface area (Å²) in [5, 5.41) is 3.04. The molecule has 4 heteroatoms. The van der Waals surface area contributed by atoms with E-state index in [0.29, 0.717) is 0 Å². The number of rotatable bonds is 5. The van der Waals surface area contributed by atoms with Crippen molar-refractivity contribution in [2.45, 2.75) is 33.3 Å². The fourth-order valence-electron chi connectivity index (χ4n) is 3.63. The van der Waals surface area contributed by atoms with Crippen LogP contribution in [0.5, 0.6) is 0 Å². The zero-order chi connectivity index (χ0) is 21.8. The van der Waals surface area contributed by atoms with Crippen molar-refractivity contribution in [1.82, 2.24) is 0 Å². The lowest BCUT2D eigenvalue weighted by Gasteiger charge is -2.32. The van der Waals surface area contributed by atoms with Crippen LogP contribution in [0.1, 0.15) is 27.7 Å². The normalized spacial score (nSPS) is 11.6. The predicted molar refractivity (Wildman–Crippen MR) is 127 cm³/mol. The van der Waals surface area contributed by atoms with Gasteiger partial charge in [-0.2, -0.15) is 0 Å². The Kier molecular flexibility index (Phi) is 6.43. The van der Waals surface area contributed by atoms with Crippen molar-refractivity contribution in [3.8, 4) is 0 Å². The van der Waals surface area contributed by atoms with E-state index in [9.17, 15) is 9.59 Å². The molecule has 0 unspecified atom stereocenters. The molecule has 0 amide bonds. The van der Waals surface area contributed by atoms with Gasteiger partial charge in [0.15, 0.2) is 5.78 Å². The van der Waals surface area contributed by atoms with Crippen molar-refractivity contribution in [2.75, 3.05) is 0 Å². The van der Waals surface area contributed by atoms with E-state index < -0.39 is 18.5 Å². The SMILES string of the molecule is CC(=O)C(C(=O)OC(C)(C)C)=P(c1ccccc1)(c1ccccc1)c1ccccc1. The number of hydrogen-bond donors (Lipinski definition) is 0. The second kappa shape index (κ2) is 8.85. The topological polar surface area (TPSA) is 43.4 Å². The van der Waals surface area contributed by atoms with Crippen molar-refractivity contribution in [3.05, 3.63) is 91.0 Å². The standard InChI is InChI=1S/C26H27O3P/c1-20(27)24(25(28)29-26(2,3)4)30(21-14-8-5-9-15-21,22-16-10-6-11-17-22)23-18-12-7-13-19-23/h5-19H,1-4H3. The Balaban J connectivity index is 2.58. The highest BCUT2D eigenvalue weighted by Gasteiger charge is 2.37. The lowest BCUT2D eigenvalue weighted by molar-refractivity contribution is -0.146. The van der Waals surface area contributed by atoms with E-state index >= 15 is 0 Å². The van der Waals surface area contributed by atoms with Crippen LogP contribution in [0.25, 0.3) is 0 Å². The monoisotopic (exact) mass is 418 g/mol. The van der Waals surface area contributed by atoms with Crippen LogP contribution in [0.2, 0.25) is 0 Å². The lowest BCUT2D eigenvalue weighted by atomic mass is 10.2. The van der Waals surface area contributed by atoms with Crippen LogP contribution in [0.4, 0.5) is 0 Å². The minimum atomic E-state index is -2.77. The molecule has 0 aliphatic heterocycles. The van der Waals surface area contributed by atoms with Gasteiger partial charge in [0.1, 0.15) is 10.9 Å². The molecule has 154 valence electrons. The molecule has 0 aromatic heterocycles. The van der Waals surface area contributed by atoms with Crippen molar-refractivity contribution in [3.63, 3.8) is 0 Å². The summed E-state index contributed by atoms with van der Waals surface area (Å²) in [5.41, 5.74) is -0.711. The summed E-state index contributed by atoms with van der Waals surface area (Å²) >= 11 is 0. The summed E-state index contributed by atoms with van der Waals surface area (Å²) in [6.45, 7) is 4.14. The van der Waals surface area contributed by atoms with Crippen molar-refractivity contribution >= 4 is 39.8 Å². The molecular formula is C26H27O3P. The number of ketones is 1. The molecule has 0 saturated carbocycles. The van der Waals surface area contributed by atoms with E-state index in [1.54, 1.807) is 0 Å². The van der Waals surface area contributed by atoms with E-state index in [4.69, 9.17) is 4.74 Å². The molecule has 3 aromatic carbocycles. The van der Waals surface area contributed by atoms with Crippen molar-refractivity contribution in [1.29, 1.82) is 0 Å². The number of carbonyl (C=O) groups excluding carboxylic acids is 2. The summed E-state index contributed by atoms with van der Waals surface area (Å²) in [5.74, 6) is -0.825. The van der Waals surface area contributed by atoms with Crippen molar-refractivity contribution < 1.29 is 14.3 Å². The molecule has 0 bridgehead atoms. The van der Waals surface area contributed by atoms with Gasteiger partial charge in [0.05, 0.1) is 0 Å². The van der Waals surface area contributed by atoms with Crippen LogP contribution in [-0.4, -0.2) is 22.6 Å². The molecule has 0 atom stereocenters. The summed E-state index contributed by atoms with van der Waals surface area (Å²) in [6.07, 6.45) is 0. The molecule has 0 aliphatic carbocycles. The van der Waals surface area contributed by atoms with Gasteiger partial charge in [0.25, 0.3) is 0 Å². The number of Topliss-reactive ketones (excluding diaryl/α,β-unsaturated/α-hetero) is 1. The minimum Gasteiger partial charge on any atom is -0.456 e. The first-order valence-electron chi connectivity index (χ1n) is 9.94. The van der Waals surface area contributed by atoms with Crippen LogP contribution in [0, 0.1) is 0 Å². The van der Waals surface area contributed by atoms with E-state index in [1.165, 1.54) is 6.92 Å². The third-order valence-corrected chi connectivity index (χ3v) is 9.08. The second-order valence-electron chi connectivity index (χ2n) is 8.08. The van der Waals surface area contributed by atoms with Gasteiger partial charge < -0.3 is 4.74 Å². The average molecular weight is 418 g/mol. The van der Waals surface area contributed by atoms with Gasteiger partial charge in [-0.05, 0) is 50.5 Å². The molecule has 0 aliphatic rings. The van der Waals surface area contributed by atoms with E-state index in [-0.39, 0.29) is 11.1 Å². The summed E-state index contributed by atoms with van der Waals surface area (Å²) in [7, 11) is 0. The molecule has 3 rings (SSSR count). The predicted octanol–water partition coefficient (Wildman–Crippen LogP) is 4.08. The molecule has 0 N–H and O–H groups in total. The minimum absolute atomic E-state index is 0.209. The summed E-state index contributed by atoms with van der Waals surface area (Å²) in [4.78, 5) is 26.6.